The molecule has 0 aromatic carbocycles. The molecule has 0 saturated carbocycles. The minimum absolute atomic E-state index is 0.512. The minimum Gasteiger partial charge on any atom is -0.354 e. The summed E-state index contributed by atoms with van der Waals surface area (Å²) in [6.45, 7) is 7.54. The second-order valence-corrected chi connectivity index (χ2v) is 4.01. The van der Waals surface area contributed by atoms with Crippen LogP contribution in [0.25, 0.3) is 0 Å². The van der Waals surface area contributed by atoms with E-state index in [1.165, 1.54) is 6.33 Å². The molecule has 82 valence electrons. The highest BCUT2D eigenvalue weighted by Crippen LogP contribution is 2.15. The summed E-state index contributed by atoms with van der Waals surface area (Å²) in [6.07, 6.45) is 1.52. The zero-order valence-corrected chi connectivity index (χ0v) is 9.61. The average Bonchev–Trinajstić information content (AvgIpc) is 2.29. The molecule has 1 aromatic rings. The summed E-state index contributed by atoms with van der Waals surface area (Å²) in [4.78, 5) is 12.8. The summed E-state index contributed by atoms with van der Waals surface area (Å²) in [5.41, 5.74) is 0. The van der Waals surface area contributed by atoms with Crippen LogP contribution in [-0.2, 0) is 0 Å². The molecule has 1 fully saturated rings. The van der Waals surface area contributed by atoms with E-state index in [1.807, 2.05) is 6.07 Å². The van der Waals surface area contributed by atoms with Crippen molar-refractivity contribution in [2.24, 2.45) is 0 Å². The number of aromatic nitrogens is 2. The summed E-state index contributed by atoms with van der Waals surface area (Å²) in [5, 5.41) is 0.512. The standard InChI is InChI=1S/C10H15ClN4/c1-2-14-3-5-15(6-4-14)10-7-9(11)12-8-13-10/h7-8H,2-6H2,1H3. The van der Waals surface area contributed by atoms with Crippen LogP contribution < -0.4 is 4.90 Å². The van der Waals surface area contributed by atoms with Crippen molar-refractivity contribution in [1.82, 2.24) is 14.9 Å². The first-order valence-electron chi connectivity index (χ1n) is 5.24. The predicted octanol–water partition coefficient (Wildman–Crippen LogP) is 1.27. The Labute approximate surface area is 94.9 Å². The van der Waals surface area contributed by atoms with E-state index in [0.717, 1.165) is 38.5 Å². The molecule has 0 bridgehead atoms. The van der Waals surface area contributed by atoms with Crippen LogP contribution in [-0.4, -0.2) is 47.6 Å². The first-order valence-corrected chi connectivity index (χ1v) is 5.62. The van der Waals surface area contributed by atoms with Gasteiger partial charge in [-0.1, -0.05) is 18.5 Å². The number of nitrogens with zero attached hydrogens (tertiary/aromatic N) is 4. The molecule has 0 radical (unpaired) electrons. The maximum atomic E-state index is 5.83. The number of rotatable bonds is 2. The van der Waals surface area contributed by atoms with Gasteiger partial charge in [-0.25, -0.2) is 9.97 Å². The van der Waals surface area contributed by atoms with Crippen LogP contribution in [0.3, 0.4) is 0 Å². The molecule has 1 aliphatic rings. The zero-order chi connectivity index (χ0) is 10.7. The van der Waals surface area contributed by atoms with Crippen molar-refractivity contribution in [2.75, 3.05) is 37.6 Å². The fourth-order valence-electron chi connectivity index (χ4n) is 1.79. The SMILES string of the molecule is CCN1CCN(c2cc(Cl)ncn2)CC1. The van der Waals surface area contributed by atoms with E-state index in [2.05, 4.69) is 26.7 Å². The number of piperazine rings is 1. The van der Waals surface area contributed by atoms with Crippen molar-refractivity contribution in [3.8, 4) is 0 Å². The van der Waals surface area contributed by atoms with Gasteiger partial charge in [-0.2, -0.15) is 0 Å². The molecule has 0 atom stereocenters. The average molecular weight is 227 g/mol. The van der Waals surface area contributed by atoms with Gasteiger partial charge in [0.25, 0.3) is 0 Å². The molecular weight excluding hydrogens is 212 g/mol. The normalized spacial score (nSPS) is 18.1. The lowest BCUT2D eigenvalue weighted by molar-refractivity contribution is 0.270. The molecule has 2 rings (SSSR count). The number of anilines is 1. The van der Waals surface area contributed by atoms with Crippen LogP contribution in [0, 0.1) is 0 Å². The van der Waals surface area contributed by atoms with Gasteiger partial charge < -0.3 is 9.80 Å². The van der Waals surface area contributed by atoms with E-state index in [0.29, 0.717) is 5.15 Å². The Balaban J connectivity index is 2.01. The molecular formula is C10H15ClN4. The molecule has 5 heteroatoms. The lowest BCUT2D eigenvalue weighted by Crippen LogP contribution is -2.46. The van der Waals surface area contributed by atoms with Crippen molar-refractivity contribution in [1.29, 1.82) is 0 Å². The molecule has 2 heterocycles. The maximum absolute atomic E-state index is 5.83. The Morgan fingerprint density at radius 2 is 2.00 bits per heavy atom. The Morgan fingerprint density at radius 1 is 1.27 bits per heavy atom. The van der Waals surface area contributed by atoms with Crippen molar-refractivity contribution < 1.29 is 0 Å². The van der Waals surface area contributed by atoms with Crippen molar-refractivity contribution in [2.45, 2.75) is 6.92 Å². The molecule has 0 unspecified atom stereocenters. The first kappa shape index (κ1) is 10.6. The van der Waals surface area contributed by atoms with Crippen molar-refractivity contribution in [3.63, 3.8) is 0 Å². The molecule has 1 saturated heterocycles. The fraction of sp³-hybridized carbons (Fsp3) is 0.600. The number of likely N-dealkylation sites (N-methyl/N-ethyl adjacent to an activating group) is 1. The van der Waals surface area contributed by atoms with Crippen LogP contribution in [0.1, 0.15) is 6.92 Å². The molecule has 15 heavy (non-hydrogen) atoms. The summed E-state index contributed by atoms with van der Waals surface area (Å²) in [5.74, 6) is 0.936. The number of halogens is 1. The van der Waals surface area contributed by atoms with Crippen LogP contribution in [0.5, 0.6) is 0 Å². The topological polar surface area (TPSA) is 32.3 Å². The molecule has 0 N–H and O–H groups in total. The molecule has 0 aliphatic carbocycles. The maximum Gasteiger partial charge on any atom is 0.134 e. The Bertz CT molecular complexity index is 323. The molecule has 1 aromatic heterocycles. The predicted molar refractivity (Wildman–Crippen MR) is 61.4 cm³/mol. The molecule has 0 amide bonds. The monoisotopic (exact) mass is 226 g/mol. The highest BCUT2D eigenvalue weighted by molar-refractivity contribution is 6.29. The van der Waals surface area contributed by atoms with Gasteiger partial charge >= 0.3 is 0 Å². The zero-order valence-electron chi connectivity index (χ0n) is 8.86. The number of hydrogen-bond donors (Lipinski definition) is 0. The third-order valence-electron chi connectivity index (χ3n) is 2.76. The summed E-state index contributed by atoms with van der Waals surface area (Å²) >= 11 is 5.83. The van der Waals surface area contributed by atoms with Gasteiger partial charge in [-0.3, -0.25) is 0 Å². The smallest absolute Gasteiger partial charge is 0.134 e. The van der Waals surface area contributed by atoms with Crippen molar-refractivity contribution in [3.05, 3.63) is 17.5 Å². The van der Waals surface area contributed by atoms with Gasteiger partial charge in [0, 0.05) is 32.2 Å². The summed E-state index contributed by atoms with van der Waals surface area (Å²) < 4.78 is 0. The van der Waals surface area contributed by atoms with E-state index in [4.69, 9.17) is 11.6 Å². The van der Waals surface area contributed by atoms with Gasteiger partial charge in [0.15, 0.2) is 0 Å². The van der Waals surface area contributed by atoms with Crippen LogP contribution >= 0.6 is 11.6 Å². The third-order valence-corrected chi connectivity index (χ3v) is 2.97. The van der Waals surface area contributed by atoms with E-state index >= 15 is 0 Å². The number of hydrogen-bond acceptors (Lipinski definition) is 4. The van der Waals surface area contributed by atoms with Gasteiger partial charge in [0.1, 0.15) is 17.3 Å². The molecule has 0 spiro atoms. The van der Waals surface area contributed by atoms with Crippen LogP contribution in [0.2, 0.25) is 5.15 Å². The second kappa shape index (κ2) is 4.77. The van der Waals surface area contributed by atoms with Crippen LogP contribution in [0.15, 0.2) is 12.4 Å². The molecule has 4 nitrogen and oxygen atoms in total. The van der Waals surface area contributed by atoms with Crippen LogP contribution in [0.4, 0.5) is 5.82 Å². The van der Waals surface area contributed by atoms with Gasteiger partial charge in [0.2, 0.25) is 0 Å². The van der Waals surface area contributed by atoms with E-state index in [9.17, 15) is 0 Å². The lowest BCUT2D eigenvalue weighted by Gasteiger charge is -2.34. The summed E-state index contributed by atoms with van der Waals surface area (Å²) in [7, 11) is 0. The van der Waals surface area contributed by atoms with Gasteiger partial charge in [0.05, 0.1) is 0 Å². The first-order chi connectivity index (χ1) is 7.29. The van der Waals surface area contributed by atoms with Gasteiger partial charge in [-0.15, -0.1) is 0 Å². The van der Waals surface area contributed by atoms with E-state index in [1.54, 1.807) is 0 Å². The Kier molecular flexibility index (Phi) is 3.38. The minimum atomic E-state index is 0.512. The third kappa shape index (κ3) is 2.58. The van der Waals surface area contributed by atoms with Crippen molar-refractivity contribution >= 4 is 17.4 Å². The highest BCUT2D eigenvalue weighted by atomic mass is 35.5. The van der Waals surface area contributed by atoms with E-state index < -0.39 is 0 Å². The highest BCUT2D eigenvalue weighted by Gasteiger charge is 2.16. The Morgan fingerprint density at radius 3 is 2.60 bits per heavy atom. The quantitative estimate of drug-likeness (QED) is 0.711. The molecule has 1 aliphatic heterocycles. The van der Waals surface area contributed by atoms with E-state index in [-0.39, 0.29) is 0 Å². The largest absolute Gasteiger partial charge is 0.354 e. The summed E-state index contributed by atoms with van der Waals surface area (Å²) in [6, 6.07) is 1.82. The Hall–Kier alpha value is -0.870. The second-order valence-electron chi connectivity index (χ2n) is 3.62. The lowest BCUT2D eigenvalue weighted by atomic mass is 10.3. The fourth-order valence-corrected chi connectivity index (χ4v) is 1.93. The van der Waals surface area contributed by atoms with Gasteiger partial charge in [-0.05, 0) is 6.54 Å².